The molecule has 0 radical (unpaired) electrons. The fraction of sp³-hybridized carbons (Fsp3) is 0.200. The lowest BCUT2D eigenvalue weighted by molar-refractivity contribution is 0.493. The fourth-order valence-electron chi connectivity index (χ4n) is 2.43. The fourth-order valence-corrected chi connectivity index (χ4v) is 2.59. The molecule has 3 rings (SSSR count). The Morgan fingerprint density at radius 1 is 1.42 bits per heavy atom. The molecule has 0 amide bonds. The van der Waals surface area contributed by atoms with Gasteiger partial charge in [0, 0.05) is 25.5 Å². The number of hydrazone groups is 1. The van der Waals surface area contributed by atoms with E-state index >= 15 is 0 Å². The number of aliphatic imine (C=N–C) groups is 1. The number of benzene rings is 1. The molecule has 1 aromatic rings. The second-order valence-electron chi connectivity index (χ2n) is 5.96. The van der Waals surface area contributed by atoms with Crippen LogP contribution < -0.4 is 4.74 Å². The van der Waals surface area contributed by atoms with E-state index in [2.05, 4.69) is 23.1 Å². The van der Waals surface area contributed by atoms with E-state index < -0.39 is 5.82 Å². The molecule has 0 N–H and O–H groups in total. The average Bonchev–Trinajstić information content (AvgIpc) is 2.83. The zero-order valence-corrected chi connectivity index (χ0v) is 15.3. The Morgan fingerprint density at radius 3 is 3.08 bits per heavy atom. The molecule has 134 valence electrons. The minimum absolute atomic E-state index is 0.00687. The Morgan fingerprint density at radius 2 is 2.27 bits per heavy atom. The van der Waals surface area contributed by atoms with Crippen LogP contribution in [0.15, 0.2) is 76.1 Å². The summed E-state index contributed by atoms with van der Waals surface area (Å²) in [6.07, 6.45) is 14.5. The van der Waals surface area contributed by atoms with E-state index in [1.54, 1.807) is 19.2 Å². The molecule has 0 spiro atoms. The maximum Gasteiger partial charge on any atom is 0.214 e. The third kappa shape index (κ3) is 4.29. The average molecular weight is 372 g/mol. The molecule has 1 aromatic carbocycles. The minimum Gasteiger partial charge on any atom is -0.436 e. The molecule has 2 aliphatic heterocycles. The molecule has 1 atom stereocenters. The quantitative estimate of drug-likeness (QED) is 0.547. The largest absolute Gasteiger partial charge is 0.436 e. The molecule has 0 bridgehead atoms. The molecular weight excluding hydrogens is 353 g/mol. The van der Waals surface area contributed by atoms with Crippen molar-refractivity contribution in [1.29, 1.82) is 0 Å². The van der Waals surface area contributed by atoms with E-state index in [0.717, 1.165) is 17.7 Å². The van der Waals surface area contributed by atoms with Gasteiger partial charge in [-0.1, -0.05) is 36.7 Å². The van der Waals surface area contributed by atoms with Crippen molar-refractivity contribution in [3.63, 3.8) is 0 Å². The van der Waals surface area contributed by atoms with Crippen LogP contribution >= 0.6 is 11.6 Å². The van der Waals surface area contributed by atoms with Gasteiger partial charge < -0.3 is 4.74 Å². The van der Waals surface area contributed by atoms with Gasteiger partial charge in [-0.2, -0.15) is 5.10 Å². The Kier molecular flexibility index (Phi) is 5.68. The van der Waals surface area contributed by atoms with Crippen LogP contribution in [0.3, 0.4) is 0 Å². The van der Waals surface area contributed by atoms with Crippen LogP contribution in [0.1, 0.15) is 13.3 Å². The van der Waals surface area contributed by atoms with Crippen molar-refractivity contribution < 1.29 is 9.13 Å². The first-order valence-corrected chi connectivity index (χ1v) is 8.64. The standard InChI is InChI=1S/C20H19ClFN3O/c1-14-6-9-16-10-7-15(13-25(16)24-12-14)8-11-19(23-2)26-18-5-3-4-17(21)20(18)22/h3-5,7-14H,6H2,1-2H3/b11-8+,23-19+. The van der Waals surface area contributed by atoms with Gasteiger partial charge in [0.05, 0.1) is 10.7 Å². The summed E-state index contributed by atoms with van der Waals surface area (Å²) in [7, 11) is 1.58. The van der Waals surface area contributed by atoms with Crippen LogP contribution in [0.25, 0.3) is 0 Å². The highest BCUT2D eigenvalue weighted by Gasteiger charge is 2.13. The number of hydrogen-bond acceptors (Lipinski definition) is 4. The predicted molar refractivity (Wildman–Crippen MR) is 104 cm³/mol. The zero-order valence-electron chi connectivity index (χ0n) is 14.6. The predicted octanol–water partition coefficient (Wildman–Crippen LogP) is 5.11. The third-order valence-electron chi connectivity index (χ3n) is 3.90. The maximum absolute atomic E-state index is 14.0. The zero-order chi connectivity index (χ0) is 18.5. The summed E-state index contributed by atoms with van der Waals surface area (Å²) in [6.45, 7) is 2.13. The molecule has 0 fully saturated rings. The van der Waals surface area contributed by atoms with Crippen LogP contribution in [0.5, 0.6) is 5.75 Å². The van der Waals surface area contributed by atoms with Gasteiger partial charge in [-0.05, 0) is 42.2 Å². The lowest BCUT2D eigenvalue weighted by Gasteiger charge is -2.19. The van der Waals surface area contributed by atoms with Gasteiger partial charge in [-0.3, -0.25) is 4.99 Å². The smallest absolute Gasteiger partial charge is 0.214 e. The van der Waals surface area contributed by atoms with Crippen molar-refractivity contribution in [2.45, 2.75) is 13.3 Å². The summed E-state index contributed by atoms with van der Waals surface area (Å²) < 4.78 is 19.5. The molecule has 0 saturated carbocycles. The number of nitrogens with zero attached hydrogens (tertiary/aromatic N) is 3. The molecular formula is C20H19ClFN3O. The molecule has 26 heavy (non-hydrogen) atoms. The molecule has 0 aromatic heterocycles. The van der Waals surface area contributed by atoms with Gasteiger partial charge in [-0.15, -0.1) is 0 Å². The number of rotatable bonds is 3. The van der Waals surface area contributed by atoms with Crippen LogP contribution in [0.2, 0.25) is 5.02 Å². The molecule has 2 heterocycles. The Labute approximate surface area is 157 Å². The number of ether oxygens (including phenoxy) is 1. The third-order valence-corrected chi connectivity index (χ3v) is 4.19. The summed E-state index contributed by atoms with van der Waals surface area (Å²) in [6, 6.07) is 4.59. The Bertz CT molecular complexity index is 868. The Hall–Kier alpha value is -2.66. The van der Waals surface area contributed by atoms with E-state index in [-0.39, 0.29) is 16.7 Å². The van der Waals surface area contributed by atoms with Crippen LogP contribution in [-0.4, -0.2) is 24.2 Å². The van der Waals surface area contributed by atoms with E-state index in [4.69, 9.17) is 16.3 Å². The molecule has 1 unspecified atom stereocenters. The van der Waals surface area contributed by atoms with Crippen molar-refractivity contribution in [2.75, 3.05) is 7.05 Å². The van der Waals surface area contributed by atoms with E-state index in [1.165, 1.54) is 12.1 Å². The lowest BCUT2D eigenvalue weighted by Crippen LogP contribution is -2.11. The van der Waals surface area contributed by atoms with Crippen molar-refractivity contribution in [3.05, 3.63) is 76.9 Å². The minimum atomic E-state index is -0.608. The molecule has 2 aliphatic rings. The highest BCUT2D eigenvalue weighted by atomic mass is 35.5. The van der Waals surface area contributed by atoms with Crippen LogP contribution in [0.4, 0.5) is 4.39 Å². The van der Waals surface area contributed by atoms with Gasteiger partial charge in [0.25, 0.3) is 0 Å². The topological polar surface area (TPSA) is 37.2 Å². The SMILES string of the molecule is C/N=C(\C=C\C1=CN2N=CC(C)CC=C2C=C1)Oc1cccc(Cl)c1F. The second kappa shape index (κ2) is 8.15. The normalized spacial score (nSPS) is 19.9. The van der Waals surface area contributed by atoms with Crippen LogP contribution in [0, 0.1) is 11.7 Å². The molecule has 4 nitrogen and oxygen atoms in total. The van der Waals surface area contributed by atoms with E-state index in [0.29, 0.717) is 5.92 Å². The summed E-state index contributed by atoms with van der Waals surface area (Å²) in [4.78, 5) is 4.04. The van der Waals surface area contributed by atoms with Gasteiger partial charge in [0.15, 0.2) is 11.6 Å². The summed E-state index contributed by atoms with van der Waals surface area (Å²) in [5.74, 6) is 0.110. The van der Waals surface area contributed by atoms with Crippen molar-refractivity contribution in [2.24, 2.45) is 16.0 Å². The number of fused-ring (bicyclic) bond motifs is 1. The van der Waals surface area contributed by atoms with Crippen molar-refractivity contribution in [3.8, 4) is 5.75 Å². The highest BCUT2D eigenvalue weighted by Crippen LogP contribution is 2.25. The number of halogens is 2. The van der Waals surface area contributed by atoms with Crippen LogP contribution in [-0.2, 0) is 0 Å². The van der Waals surface area contributed by atoms with Crippen molar-refractivity contribution in [1.82, 2.24) is 5.01 Å². The first-order chi connectivity index (χ1) is 12.6. The maximum atomic E-state index is 14.0. The highest BCUT2D eigenvalue weighted by molar-refractivity contribution is 6.30. The molecule has 0 saturated heterocycles. The van der Waals surface area contributed by atoms with Gasteiger partial charge in [0.1, 0.15) is 0 Å². The van der Waals surface area contributed by atoms with Gasteiger partial charge in [0.2, 0.25) is 5.90 Å². The second-order valence-corrected chi connectivity index (χ2v) is 6.37. The van der Waals surface area contributed by atoms with E-state index in [9.17, 15) is 4.39 Å². The summed E-state index contributed by atoms with van der Waals surface area (Å²) in [5.41, 5.74) is 1.97. The molecule has 0 aliphatic carbocycles. The van der Waals surface area contributed by atoms with Crippen molar-refractivity contribution >= 4 is 23.7 Å². The first-order valence-electron chi connectivity index (χ1n) is 8.27. The monoisotopic (exact) mass is 371 g/mol. The lowest BCUT2D eigenvalue weighted by atomic mass is 10.1. The van der Waals surface area contributed by atoms with Gasteiger partial charge >= 0.3 is 0 Å². The Balaban J connectivity index is 1.74. The number of hydrogen-bond donors (Lipinski definition) is 0. The van der Waals surface area contributed by atoms with E-state index in [1.807, 2.05) is 35.7 Å². The first kappa shape index (κ1) is 18.1. The number of allylic oxidation sites excluding steroid dienone is 5. The van der Waals surface area contributed by atoms with Gasteiger partial charge in [-0.25, -0.2) is 9.40 Å². The summed E-state index contributed by atoms with van der Waals surface area (Å²) in [5, 5.41) is 6.31. The summed E-state index contributed by atoms with van der Waals surface area (Å²) >= 11 is 5.77. The molecule has 6 heteroatoms.